The Kier molecular flexibility index (Phi) is 31.7. The first-order valence-electron chi connectivity index (χ1n) is 26.4. The second-order valence-electron chi connectivity index (χ2n) is 19.2. The topological polar surface area (TPSA) is 141 Å². The predicted octanol–water partition coefficient (Wildman–Crippen LogP) is 11.0. The summed E-state index contributed by atoms with van der Waals surface area (Å²) in [6.07, 6.45) is 3.59. The number of halogens is 2. The molecule has 0 bridgehead atoms. The third kappa shape index (κ3) is 21.3. The van der Waals surface area contributed by atoms with Gasteiger partial charge in [-0.15, -0.1) is 0 Å². The van der Waals surface area contributed by atoms with Crippen molar-refractivity contribution in [3.05, 3.63) is 189 Å². The minimum absolute atomic E-state index is 0. The van der Waals surface area contributed by atoms with E-state index in [1.54, 1.807) is 27.7 Å². The number of hydrogen-bond donors (Lipinski definition) is 3. The molecule has 21 heteroatoms. The molecular weight excluding hydrogens is 1390 g/mol. The molecule has 7 radical (unpaired) electrons. The Morgan fingerprint density at radius 1 is 0.617 bits per heavy atom. The predicted molar refractivity (Wildman–Crippen MR) is 330 cm³/mol. The summed E-state index contributed by atoms with van der Waals surface area (Å²) in [6, 6.07) is 52.4. The number of piperazine rings is 2. The number of carbonyl (C=O) groups excluding carboxylic acids is 2. The molecule has 2 aliphatic rings. The van der Waals surface area contributed by atoms with Gasteiger partial charge in [-0.25, -0.2) is 24.3 Å². The second-order valence-corrected chi connectivity index (χ2v) is 21.0. The van der Waals surface area contributed by atoms with E-state index in [1.165, 1.54) is 17.1 Å². The Bertz CT molecular complexity index is 2920. The number of nitrogens with zero attached hydrogens (tertiary/aromatic N) is 7. The summed E-state index contributed by atoms with van der Waals surface area (Å²) >= 11 is 6.99. The average Bonchev–Trinajstić information content (AvgIpc) is 3.84. The van der Waals surface area contributed by atoms with Gasteiger partial charge in [0.15, 0.2) is 0 Å². The van der Waals surface area contributed by atoms with Crippen molar-refractivity contribution in [1.82, 2.24) is 25.2 Å². The van der Waals surface area contributed by atoms with Crippen molar-refractivity contribution in [3.63, 3.8) is 0 Å². The van der Waals surface area contributed by atoms with Gasteiger partial charge in [0.05, 0.1) is 30.5 Å². The van der Waals surface area contributed by atoms with E-state index in [-0.39, 0.29) is 94.5 Å². The van der Waals surface area contributed by atoms with Crippen LogP contribution in [0.4, 0.5) is 33.2 Å². The van der Waals surface area contributed by atoms with Crippen molar-refractivity contribution < 1.29 is 72.8 Å². The summed E-state index contributed by atoms with van der Waals surface area (Å²) in [5, 5.41) is 7.15. The van der Waals surface area contributed by atoms with E-state index in [0.29, 0.717) is 30.4 Å². The minimum atomic E-state index is -0.493. The zero-order chi connectivity index (χ0) is 54.5. The summed E-state index contributed by atoms with van der Waals surface area (Å²) in [7, 11) is 0. The van der Waals surface area contributed by atoms with Crippen LogP contribution >= 0.6 is 31.9 Å². The fourth-order valence-corrected chi connectivity index (χ4v) is 9.85. The monoisotopic (exact) mass is 1470 g/mol. The number of aromatic nitrogens is 3. The smallest absolute Gasteiger partial charge is 0.410 e. The Morgan fingerprint density at radius 3 is 1.46 bits per heavy atom. The molecule has 2 fully saturated rings. The van der Waals surface area contributed by atoms with E-state index >= 15 is 0 Å². The molecule has 0 saturated carbocycles. The van der Waals surface area contributed by atoms with Gasteiger partial charge in [0.25, 0.3) is 0 Å². The van der Waals surface area contributed by atoms with Gasteiger partial charge in [-0.05, 0) is 140 Å². The number of hydrazine groups is 1. The number of para-hydroxylation sites is 1. The molecule has 81 heavy (non-hydrogen) atoms. The van der Waals surface area contributed by atoms with E-state index in [0.717, 1.165) is 91.1 Å². The van der Waals surface area contributed by atoms with Crippen LogP contribution in [0.3, 0.4) is 0 Å². The third-order valence-electron chi connectivity index (χ3n) is 13.8. The largest absolute Gasteiger partial charge is 0.417 e. The van der Waals surface area contributed by atoms with Gasteiger partial charge in [-0.3, -0.25) is 15.5 Å². The zero-order valence-corrected chi connectivity index (χ0v) is 55.8. The number of amides is 2. The first-order chi connectivity index (χ1) is 37.4. The van der Waals surface area contributed by atoms with Crippen molar-refractivity contribution >= 4 is 89.6 Å². The molecule has 7 aromatic rings. The van der Waals surface area contributed by atoms with Crippen LogP contribution in [0.2, 0.25) is 0 Å². The SMILES string of the molecule is CC[C@@H](C(C)C)n1ncn(-c2ccc(N3CCN(c4ccc(Br)cc4)CC3)cc2)c1=O.CC[C@H](NNC=O)[C@H](C)OCc1ccccc1.O=C(Nc1ccc(N2CCN(c3ccc(Br)cc3)CC2)cc1)Oc1ccccc1.[B].[B].[W].[Y]. The molecule has 0 aliphatic carbocycles. The first-order valence-corrected chi connectivity index (χ1v) is 28.0. The van der Waals surface area contributed by atoms with Gasteiger partial charge in [-0.1, -0.05) is 108 Å². The molecule has 15 nitrogen and oxygen atoms in total. The van der Waals surface area contributed by atoms with E-state index in [9.17, 15) is 14.4 Å². The van der Waals surface area contributed by atoms with Crippen LogP contribution in [0, 0.1) is 5.92 Å². The maximum absolute atomic E-state index is 12.9. The fraction of sp³-hybridized carbons (Fsp3) is 0.333. The van der Waals surface area contributed by atoms with Crippen LogP contribution in [0.15, 0.2) is 178 Å². The van der Waals surface area contributed by atoms with Crippen molar-refractivity contribution in [2.45, 2.75) is 72.3 Å². The van der Waals surface area contributed by atoms with Crippen molar-refractivity contribution in [3.8, 4) is 11.4 Å². The molecule has 3 atom stereocenters. The molecule has 3 N–H and O–H groups in total. The number of nitrogens with one attached hydrogen (secondary N) is 3. The Hall–Kier alpha value is -5.00. The molecular formula is C60H72B2Br2N10O5WY. The quantitative estimate of drug-likeness (QED) is 0.0430. The molecule has 2 saturated heterocycles. The van der Waals surface area contributed by atoms with Crippen LogP contribution < -0.4 is 46.2 Å². The van der Waals surface area contributed by atoms with E-state index in [2.05, 4.69) is 154 Å². The number of ether oxygens (including phenoxy) is 2. The number of carbonyl (C=O) groups is 2. The van der Waals surface area contributed by atoms with E-state index < -0.39 is 6.09 Å². The minimum Gasteiger partial charge on any atom is -0.410 e. The van der Waals surface area contributed by atoms with Crippen LogP contribution in [0.1, 0.15) is 59.1 Å². The summed E-state index contributed by atoms with van der Waals surface area (Å²) in [4.78, 5) is 44.7. The van der Waals surface area contributed by atoms with Crippen LogP contribution in [0.25, 0.3) is 5.69 Å². The fourth-order valence-electron chi connectivity index (χ4n) is 9.33. The summed E-state index contributed by atoms with van der Waals surface area (Å²) in [6.45, 7) is 18.8. The summed E-state index contributed by atoms with van der Waals surface area (Å²) < 4.78 is 16.5. The summed E-state index contributed by atoms with van der Waals surface area (Å²) in [5.41, 5.74) is 12.9. The van der Waals surface area contributed by atoms with Crippen molar-refractivity contribution in [2.24, 2.45) is 5.92 Å². The molecule has 421 valence electrons. The first kappa shape index (κ1) is 70.3. The maximum Gasteiger partial charge on any atom is 0.417 e. The maximum atomic E-state index is 12.9. The van der Waals surface area contributed by atoms with Crippen molar-refractivity contribution in [1.29, 1.82) is 0 Å². The van der Waals surface area contributed by atoms with E-state index in [4.69, 9.17) is 9.47 Å². The number of benzene rings is 6. The van der Waals surface area contributed by atoms with Gasteiger partial charge in [0, 0.05) is 160 Å². The molecule has 0 unspecified atom stereocenters. The van der Waals surface area contributed by atoms with E-state index in [1.807, 2.05) is 98.8 Å². The van der Waals surface area contributed by atoms with Gasteiger partial charge in [0.2, 0.25) is 6.41 Å². The molecule has 1 aromatic heterocycles. The van der Waals surface area contributed by atoms with Crippen LogP contribution in [-0.4, -0.2) is 108 Å². The van der Waals surface area contributed by atoms with Crippen molar-refractivity contribution in [2.75, 3.05) is 77.3 Å². The molecule has 0 spiro atoms. The number of hydrogen-bond acceptors (Lipinski definition) is 11. The molecule has 9 rings (SSSR count). The summed E-state index contributed by atoms with van der Waals surface area (Å²) in [5.74, 6) is 0.884. The van der Waals surface area contributed by atoms with Gasteiger partial charge in [0.1, 0.15) is 12.1 Å². The Balaban J connectivity index is 0.000000324. The van der Waals surface area contributed by atoms with Crippen LogP contribution in [0.5, 0.6) is 5.75 Å². The Morgan fingerprint density at radius 2 is 1.04 bits per heavy atom. The zero-order valence-electron chi connectivity index (χ0n) is 46.8. The van der Waals surface area contributed by atoms with Gasteiger partial charge in [-0.2, -0.15) is 5.10 Å². The molecule has 2 amide bonds. The molecule has 6 aromatic carbocycles. The Labute approximate surface area is 538 Å². The van der Waals surface area contributed by atoms with Gasteiger partial charge < -0.3 is 29.1 Å². The second kappa shape index (κ2) is 36.6. The molecule has 3 heterocycles. The normalized spacial score (nSPS) is 13.8. The number of anilines is 5. The van der Waals surface area contributed by atoms with Gasteiger partial charge >= 0.3 is 11.8 Å². The number of rotatable bonds is 18. The molecule has 2 aliphatic heterocycles. The average molecular weight is 1470 g/mol. The van der Waals surface area contributed by atoms with Crippen LogP contribution in [-0.2, 0) is 69.9 Å². The third-order valence-corrected chi connectivity index (χ3v) is 14.8. The standard InChI is InChI=1S/C24H30BrN5O.C23H22BrN3O2.C13H20N2O2.2B.W.Y/c1-4-23(18(2)3)30-24(31)29(17-26-30)22-11-9-21(10-12-22)28-15-13-27(14-16-28)20-7-5-19(25)6-8-20;24-18-6-10-20(11-7-18)26-14-16-27(17-15-26)21-12-8-19(9-13-21)25-23(28)29-22-4-2-1-3-5-22;1-3-13(15-14-10-16)11(2)17-9-12-7-5-4-6-8-12;;;;/h5-12,17-18,23H,4,13-16H2,1-3H3;1-13H,14-17H2,(H,25,28);4-8,10-11,13,15H,3,9H2,1-2H3,(H,14,16);;;;/t23-;;11-,13-;;;;/m0.0..../s1.